The number of ketones is 2. The molecule has 4 rings (SSSR count). The number of phenols is 1. The summed E-state index contributed by atoms with van der Waals surface area (Å²) in [6, 6.07) is 15.9. The van der Waals surface area contributed by atoms with Gasteiger partial charge in [-0.1, -0.05) is 49.1 Å². The van der Waals surface area contributed by atoms with Crippen LogP contribution >= 0.6 is 0 Å². The highest BCUT2D eigenvalue weighted by atomic mass is 16.3. The maximum Gasteiger partial charge on any atom is 0.255 e. The molecule has 1 aliphatic rings. The summed E-state index contributed by atoms with van der Waals surface area (Å²) < 4.78 is 0. The average Bonchev–Trinajstić information content (AvgIpc) is 2.73. The number of amides is 1. The van der Waals surface area contributed by atoms with Crippen molar-refractivity contribution < 1.29 is 19.5 Å². The van der Waals surface area contributed by atoms with Crippen molar-refractivity contribution in [2.75, 3.05) is 5.32 Å². The van der Waals surface area contributed by atoms with Crippen LogP contribution in [0.1, 0.15) is 47.8 Å². The Morgan fingerprint density at radius 3 is 2.07 bits per heavy atom. The quantitative estimate of drug-likeness (QED) is 0.534. The fourth-order valence-corrected chi connectivity index (χ4v) is 3.28. The van der Waals surface area contributed by atoms with E-state index in [1.54, 1.807) is 54.6 Å². The Kier molecular flexibility index (Phi) is 4.12. The molecule has 0 saturated carbocycles. The molecule has 5 heteroatoms. The first-order chi connectivity index (χ1) is 13.5. The van der Waals surface area contributed by atoms with Gasteiger partial charge in [0.15, 0.2) is 11.6 Å². The number of rotatable bonds is 3. The van der Waals surface area contributed by atoms with Crippen LogP contribution in [-0.2, 0) is 0 Å². The minimum atomic E-state index is -0.450. The number of hydrogen-bond donors (Lipinski definition) is 2. The highest BCUT2D eigenvalue weighted by Gasteiger charge is 2.34. The highest BCUT2D eigenvalue weighted by Crippen LogP contribution is 2.37. The second kappa shape index (κ2) is 6.63. The van der Waals surface area contributed by atoms with Crippen LogP contribution in [0.15, 0.2) is 67.2 Å². The molecule has 2 N–H and O–H groups in total. The minimum Gasteiger partial charge on any atom is -0.507 e. The fourth-order valence-electron chi connectivity index (χ4n) is 3.28. The summed E-state index contributed by atoms with van der Waals surface area (Å²) in [6.45, 7) is 3.67. The van der Waals surface area contributed by atoms with E-state index < -0.39 is 17.5 Å². The van der Waals surface area contributed by atoms with Crippen molar-refractivity contribution in [3.05, 3.63) is 101 Å². The van der Waals surface area contributed by atoms with E-state index in [0.717, 1.165) is 5.56 Å². The van der Waals surface area contributed by atoms with E-state index in [0.29, 0.717) is 5.56 Å². The van der Waals surface area contributed by atoms with Gasteiger partial charge in [0.2, 0.25) is 0 Å². The van der Waals surface area contributed by atoms with E-state index in [2.05, 4.69) is 11.9 Å². The molecule has 0 fully saturated rings. The first-order valence-corrected chi connectivity index (χ1v) is 8.59. The van der Waals surface area contributed by atoms with Crippen LogP contribution in [-0.4, -0.2) is 22.6 Å². The fraction of sp³-hybridized carbons (Fsp3) is 0. The molecular weight excluding hydrogens is 354 g/mol. The lowest BCUT2D eigenvalue weighted by Crippen LogP contribution is -2.24. The number of carbonyl (C=O) groups excluding carboxylic acids is 3. The van der Waals surface area contributed by atoms with Gasteiger partial charge in [0.05, 0.1) is 16.8 Å². The Bertz CT molecular complexity index is 1160. The Labute approximate surface area is 161 Å². The zero-order valence-corrected chi connectivity index (χ0v) is 14.7. The first-order valence-electron chi connectivity index (χ1n) is 8.59. The summed E-state index contributed by atoms with van der Waals surface area (Å²) in [5.41, 5.74) is 1.83. The SMILES string of the molecule is C=Cc1ccc(C(=O)Nc2ccc(O)c3c2C(=O)c2ccccc2C3=O)cc1. The molecular formula is C23H15NO4. The topological polar surface area (TPSA) is 83.5 Å². The van der Waals surface area contributed by atoms with E-state index in [1.165, 1.54) is 12.1 Å². The Balaban J connectivity index is 1.78. The van der Waals surface area contributed by atoms with Gasteiger partial charge in [-0.2, -0.15) is 0 Å². The number of benzene rings is 3. The Morgan fingerprint density at radius 1 is 0.857 bits per heavy atom. The molecule has 0 spiro atoms. The standard InChI is InChI=1S/C23H15NO4/c1-2-13-7-9-14(10-8-13)23(28)24-17-11-12-18(25)20-19(17)21(26)15-5-3-4-6-16(15)22(20)27/h2-12,25H,1H2,(H,24,28). The molecule has 0 heterocycles. The van der Waals surface area contributed by atoms with Crippen LogP contribution < -0.4 is 5.32 Å². The molecule has 1 aliphatic carbocycles. The van der Waals surface area contributed by atoms with Crippen molar-refractivity contribution in [1.29, 1.82) is 0 Å². The van der Waals surface area contributed by atoms with Gasteiger partial charge in [0, 0.05) is 16.7 Å². The second-order valence-corrected chi connectivity index (χ2v) is 6.37. The number of phenolic OH excluding ortho intramolecular Hbond substituents is 1. The van der Waals surface area contributed by atoms with Gasteiger partial charge in [-0.3, -0.25) is 14.4 Å². The number of nitrogens with one attached hydrogen (secondary N) is 1. The van der Waals surface area contributed by atoms with Crippen molar-refractivity contribution in [3.63, 3.8) is 0 Å². The lowest BCUT2D eigenvalue weighted by atomic mass is 9.82. The van der Waals surface area contributed by atoms with Crippen LogP contribution in [0.3, 0.4) is 0 Å². The van der Waals surface area contributed by atoms with Gasteiger partial charge in [-0.15, -0.1) is 0 Å². The number of carbonyl (C=O) groups is 3. The lowest BCUT2D eigenvalue weighted by molar-refractivity contribution is 0.0976. The molecule has 1 amide bonds. The number of hydrogen-bond acceptors (Lipinski definition) is 4. The van der Waals surface area contributed by atoms with Gasteiger partial charge in [-0.05, 0) is 29.8 Å². The van der Waals surface area contributed by atoms with Crippen molar-refractivity contribution in [3.8, 4) is 5.75 Å². The summed E-state index contributed by atoms with van der Waals surface area (Å²) in [4.78, 5) is 38.4. The molecule has 3 aromatic carbocycles. The van der Waals surface area contributed by atoms with Gasteiger partial charge < -0.3 is 10.4 Å². The third-order valence-corrected chi connectivity index (χ3v) is 4.71. The van der Waals surface area contributed by atoms with E-state index in [4.69, 9.17) is 0 Å². The molecule has 0 atom stereocenters. The van der Waals surface area contributed by atoms with Crippen LogP contribution in [0.4, 0.5) is 5.69 Å². The predicted octanol–water partition coefficient (Wildman–Crippen LogP) is 4.06. The first kappa shape index (κ1) is 17.4. The Hall–Kier alpha value is -3.99. The van der Waals surface area contributed by atoms with Gasteiger partial charge in [0.25, 0.3) is 5.91 Å². The zero-order valence-electron chi connectivity index (χ0n) is 14.7. The predicted molar refractivity (Wildman–Crippen MR) is 106 cm³/mol. The maximum absolute atomic E-state index is 13.0. The monoisotopic (exact) mass is 369 g/mol. The summed E-state index contributed by atoms with van der Waals surface area (Å²) in [6.07, 6.45) is 1.67. The van der Waals surface area contributed by atoms with E-state index in [9.17, 15) is 19.5 Å². The molecule has 0 unspecified atom stereocenters. The normalized spacial score (nSPS) is 12.1. The zero-order chi connectivity index (χ0) is 19.8. The van der Waals surface area contributed by atoms with Crippen molar-refractivity contribution in [2.24, 2.45) is 0 Å². The average molecular weight is 369 g/mol. The molecule has 0 saturated heterocycles. The van der Waals surface area contributed by atoms with Crippen molar-refractivity contribution in [2.45, 2.75) is 0 Å². The van der Waals surface area contributed by atoms with Gasteiger partial charge in [-0.25, -0.2) is 0 Å². The van der Waals surface area contributed by atoms with Crippen LogP contribution in [0.5, 0.6) is 5.75 Å². The second-order valence-electron chi connectivity index (χ2n) is 6.37. The molecule has 0 aromatic heterocycles. The summed E-state index contributed by atoms with van der Waals surface area (Å²) in [5.74, 6) is -1.59. The molecule has 0 radical (unpaired) electrons. The molecule has 28 heavy (non-hydrogen) atoms. The summed E-state index contributed by atoms with van der Waals surface area (Å²) in [5, 5.41) is 12.9. The van der Waals surface area contributed by atoms with E-state index >= 15 is 0 Å². The molecule has 136 valence electrons. The maximum atomic E-state index is 13.0. The van der Waals surface area contributed by atoms with Crippen molar-refractivity contribution >= 4 is 29.2 Å². The largest absolute Gasteiger partial charge is 0.507 e. The van der Waals surface area contributed by atoms with Gasteiger partial charge >= 0.3 is 0 Å². The number of fused-ring (bicyclic) bond motifs is 2. The van der Waals surface area contributed by atoms with Crippen molar-refractivity contribution in [1.82, 2.24) is 0 Å². The smallest absolute Gasteiger partial charge is 0.255 e. The lowest BCUT2D eigenvalue weighted by Gasteiger charge is -2.21. The number of aromatic hydroxyl groups is 1. The van der Waals surface area contributed by atoms with Gasteiger partial charge in [0.1, 0.15) is 5.75 Å². The summed E-state index contributed by atoms with van der Waals surface area (Å²) >= 11 is 0. The van der Waals surface area contributed by atoms with Crippen LogP contribution in [0, 0.1) is 0 Å². The highest BCUT2D eigenvalue weighted by molar-refractivity contribution is 6.31. The molecule has 3 aromatic rings. The van der Waals surface area contributed by atoms with Crippen LogP contribution in [0.2, 0.25) is 0 Å². The Morgan fingerprint density at radius 2 is 1.46 bits per heavy atom. The van der Waals surface area contributed by atoms with Crippen LogP contribution in [0.25, 0.3) is 6.08 Å². The molecule has 0 aliphatic heterocycles. The van der Waals surface area contributed by atoms with E-state index in [-0.39, 0.29) is 33.7 Å². The third kappa shape index (κ3) is 2.70. The third-order valence-electron chi connectivity index (χ3n) is 4.71. The van der Waals surface area contributed by atoms with E-state index in [1.807, 2.05) is 0 Å². The number of anilines is 1. The minimum absolute atomic E-state index is 0.000221. The molecule has 5 nitrogen and oxygen atoms in total. The molecule has 0 bridgehead atoms. The summed E-state index contributed by atoms with van der Waals surface area (Å²) in [7, 11) is 0.